The van der Waals surface area contributed by atoms with Gasteiger partial charge in [-0.1, -0.05) is 127 Å². The molecule has 0 spiro atoms. The zero-order chi connectivity index (χ0) is 34.0. The molecule has 0 aliphatic heterocycles. The number of hydrogen-bond acceptors (Lipinski definition) is 4. The highest BCUT2D eigenvalue weighted by Crippen LogP contribution is 2.15. The maximum absolute atomic E-state index is 12.1. The summed E-state index contributed by atoms with van der Waals surface area (Å²) in [5.41, 5.74) is 3.22. The van der Waals surface area contributed by atoms with E-state index < -0.39 is 0 Å². The van der Waals surface area contributed by atoms with Gasteiger partial charge in [-0.15, -0.1) is 0 Å². The summed E-state index contributed by atoms with van der Waals surface area (Å²) in [6.45, 7) is 11.1. The van der Waals surface area contributed by atoms with E-state index in [0.29, 0.717) is 24.3 Å². The van der Waals surface area contributed by atoms with Crippen molar-refractivity contribution in [2.24, 2.45) is 0 Å². The van der Waals surface area contributed by atoms with Crippen LogP contribution in [0.5, 0.6) is 0 Å². The lowest BCUT2D eigenvalue weighted by atomic mass is 10.1. The predicted molar refractivity (Wildman–Crippen MR) is 199 cm³/mol. The van der Waals surface area contributed by atoms with Crippen molar-refractivity contribution < 1.29 is 23.5 Å². The van der Waals surface area contributed by atoms with E-state index in [-0.39, 0.29) is 11.9 Å². The van der Waals surface area contributed by atoms with Gasteiger partial charge in [0, 0.05) is 0 Å². The number of nitrogens with zero attached hydrogens (tertiary/aromatic N) is 1. The lowest BCUT2D eigenvalue weighted by Gasteiger charge is -2.30. The Bertz CT molecular complexity index is 1050. The van der Waals surface area contributed by atoms with Crippen LogP contribution in [-0.2, 0) is 9.47 Å². The molecule has 5 heteroatoms. The SMILES string of the molecule is C=Cc1ccc(C(=O)OCCCCCCCCCCC[N+](C)(C)CCCCCCCCCCCOC(=O)c2ccc(C=C)cc2)cc1. The Morgan fingerprint density at radius 3 is 1.06 bits per heavy atom. The predicted octanol–water partition coefficient (Wildman–Crippen LogP) is 11.1. The Kier molecular flexibility index (Phi) is 21.2. The summed E-state index contributed by atoms with van der Waals surface area (Å²) >= 11 is 0. The van der Waals surface area contributed by atoms with Gasteiger partial charge in [0.15, 0.2) is 0 Å². The Morgan fingerprint density at radius 2 is 0.766 bits per heavy atom. The molecule has 0 heterocycles. The molecule has 47 heavy (non-hydrogen) atoms. The molecule has 0 fully saturated rings. The van der Waals surface area contributed by atoms with Gasteiger partial charge < -0.3 is 14.0 Å². The van der Waals surface area contributed by atoms with Crippen LogP contribution in [0.1, 0.15) is 147 Å². The monoisotopic (exact) mass is 646 g/mol. The van der Waals surface area contributed by atoms with Crippen molar-refractivity contribution in [1.29, 1.82) is 0 Å². The van der Waals surface area contributed by atoms with Gasteiger partial charge in [-0.3, -0.25) is 0 Å². The fourth-order valence-corrected chi connectivity index (χ4v) is 5.88. The highest BCUT2D eigenvalue weighted by Gasteiger charge is 2.13. The van der Waals surface area contributed by atoms with Gasteiger partial charge in [0.25, 0.3) is 0 Å². The smallest absolute Gasteiger partial charge is 0.338 e. The van der Waals surface area contributed by atoms with Crippen LogP contribution in [0.15, 0.2) is 61.7 Å². The van der Waals surface area contributed by atoms with Gasteiger partial charge in [0.05, 0.1) is 51.5 Å². The van der Waals surface area contributed by atoms with Gasteiger partial charge >= 0.3 is 11.9 Å². The molecule has 260 valence electrons. The summed E-state index contributed by atoms with van der Waals surface area (Å²) in [4.78, 5) is 24.2. The minimum Gasteiger partial charge on any atom is -0.462 e. The molecule has 0 amide bonds. The van der Waals surface area contributed by atoms with Crippen molar-refractivity contribution in [2.75, 3.05) is 40.4 Å². The number of benzene rings is 2. The molecule has 2 aromatic carbocycles. The minimum atomic E-state index is -0.233. The zero-order valence-electron chi connectivity index (χ0n) is 29.8. The Balaban J connectivity index is 1.30. The van der Waals surface area contributed by atoms with Crippen molar-refractivity contribution >= 4 is 24.1 Å². The summed E-state index contributed by atoms with van der Waals surface area (Å²) in [6, 6.07) is 14.7. The normalized spacial score (nSPS) is 11.3. The largest absolute Gasteiger partial charge is 0.462 e. The Labute approximate surface area is 287 Å². The molecule has 0 radical (unpaired) electrons. The number of quaternary nitrogens is 1. The molecule has 0 aliphatic carbocycles. The summed E-state index contributed by atoms with van der Waals surface area (Å²) in [5.74, 6) is -0.467. The zero-order valence-corrected chi connectivity index (χ0v) is 29.8. The second-order valence-corrected chi connectivity index (χ2v) is 13.7. The van der Waals surface area contributed by atoms with E-state index in [9.17, 15) is 9.59 Å². The van der Waals surface area contributed by atoms with Crippen molar-refractivity contribution in [1.82, 2.24) is 0 Å². The van der Waals surface area contributed by atoms with E-state index in [1.54, 1.807) is 36.4 Å². The van der Waals surface area contributed by atoms with Gasteiger partial charge in [0.2, 0.25) is 0 Å². The lowest BCUT2D eigenvalue weighted by Crippen LogP contribution is -2.41. The fraction of sp³-hybridized carbons (Fsp3) is 0.571. The molecule has 0 saturated heterocycles. The van der Waals surface area contributed by atoms with E-state index in [1.165, 1.54) is 103 Å². The average Bonchev–Trinajstić information content (AvgIpc) is 3.09. The summed E-state index contributed by atoms with van der Waals surface area (Å²) in [5, 5.41) is 0. The standard InChI is InChI=1S/C42H64NO4/c1-5-37-25-29-39(30-26-37)41(44)46-35-23-19-15-11-7-9-13-17-21-33-43(3,4)34-22-18-14-10-8-12-16-20-24-36-47-42(45)40-31-27-38(6-2)28-32-40/h5-6,25-32H,1-2,7-24,33-36H2,3-4H3/q+1. The molecular weight excluding hydrogens is 582 g/mol. The average molecular weight is 647 g/mol. The van der Waals surface area contributed by atoms with Crippen LogP contribution in [0.2, 0.25) is 0 Å². The van der Waals surface area contributed by atoms with E-state index in [0.717, 1.165) is 41.3 Å². The molecule has 0 aliphatic rings. The third-order valence-electron chi connectivity index (χ3n) is 9.05. The first-order chi connectivity index (χ1) is 22.8. The number of hydrogen-bond donors (Lipinski definition) is 0. The molecular formula is C42H64NO4+. The van der Waals surface area contributed by atoms with Crippen LogP contribution in [0, 0.1) is 0 Å². The molecule has 0 bridgehead atoms. The van der Waals surface area contributed by atoms with Gasteiger partial charge in [-0.2, -0.15) is 0 Å². The second kappa shape index (κ2) is 24.9. The number of unbranched alkanes of at least 4 members (excludes halogenated alkanes) is 16. The number of carbonyl (C=O) groups excluding carboxylic acids is 2. The Hall–Kier alpha value is -3.18. The van der Waals surface area contributed by atoms with Gasteiger partial charge in [-0.05, 0) is 73.9 Å². The summed E-state index contributed by atoms with van der Waals surface area (Å²) in [7, 11) is 4.79. The first-order valence-electron chi connectivity index (χ1n) is 18.5. The van der Waals surface area contributed by atoms with Crippen LogP contribution >= 0.6 is 0 Å². The first-order valence-corrected chi connectivity index (χ1v) is 18.5. The summed E-state index contributed by atoms with van der Waals surface area (Å²) < 4.78 is 12.0. The number of rotatable bonds is 28. The van der Waals surface area contributed by atoms with Crippen LogP contribution < -0.4 is 0 Å². The van der Waals surface area contributed by atoms with Crippen LogP contribution in [0.25, 0.3) is 12.2 Å². The Morgan fingerprint density at radius 1 is 0.489 bits per heavy atom. The molecule has 0 unspecified atom stereocenters. The second-order valence-electron chi connectivity index (χ2n) is 13.7. The third-order valence-corrected chi connectivity index (χ3v) is 9.05. The summed E-state index contributed by atoms with van der Waals surface area (Å²) in [6.07, 6.45) is 26.0. The van der Waals surface area contributed by atoms with E-state index >= 15 is 0 Å². The van der Waals surface area contributed by atoms with Crippen molar-refractivity contribution in [3.63, 3.8) is 0 Å². The minimum absolute atomic E-state index is 0.233. The van der Waals surface area contributed by atoms with E-state index in [4.69, 9.17) is 9.47 Å². The molecule has 0 atom stereocenters. The molecule has 5 nitrogen and oxygen atoms in total. The highest BCUT2D eigenvalue weighted by molar-refractivity contribution is 5.90. The maximum atomic E-state index is 12.1. The fourth-order valence-electron chi connectivity index (χ4n) is 5.88. The van der Waals surface area contributed by atoms with Gasteiger partial charge in [-0.25, -0.2) is 9.59 Å². The molecule has 2 aromatic rings. The molecule has 0 saturated carbocycles. The molecule has 0 aromatic heterocycles. The number of carbonyl (C=O) groups is 2. The van der Waals surface area contributed by atoms with E-state index in [1.807, 2.05) is 24.3 Å². The lowest BCUT2D eigenvalue weighted by molar-refractivity contribution is -0.890. The molecule has 0 N–H and O–H groups in total. The van der Waals surface area contributed by atoms with Crippen LogP contribution in [-0.4, -0.2) is 56.8 Å². The van der Waals surface area contributed by atoms with Crippen LogP contribution in [0.4, 0.5) is 0 Å². The van der Waals surface area contributed by atoms with Crippen molar-refractivity contribution in [2.45, 2.75) is 116 Å². The van der Waals surface area contributed by atoms with Crippen molar-refractivity contribution in [3.05, 3.63) is 83.9 Å². The number of esters is 2. The highest BCUT2D eigenvalue weighted by atomic mass is 16.5. The maximum Gasteiger partial charge on any atom is 0.338 e. The first kappa shape index (κ1) is 40.0. The molecule has 2 rings (SSSR count). The quantitative estimate of drug-likeness (QED) is 0.0524. The topological polar surface area (TPSA) is 52.6 Å². The number of ether oxygens (including phenoxy) is 2. The van der Waals surface area contributed by atoms with Crippen molar-refractivity contribution in [3.8, 4) is 0 Å². The van der Waals surface area contributed by atoms with Gasteiger partial charge in [0.1, 0.15) is 0 Å². The van der Waals surface area contributed by atoms with Crippen LogP contribution in [0.3, 0.4) is 0 Å². The third kappa shape index (κ3) is 19.3. The van der Waals surface area contributed by atoms with E-state index in [2.05, 4.69) is 27.3 Å².